The Bertz CT molecular complexity index is 600. The molecule has 0 aliphatic rings. The largest absolute Gasteiger partial charge is 0.383 e. The number of aliphatic hydroxyl groups is 1. The summed E-state index contributed by atoms with van der Waals surface area (Å²) < 4.78 is 39.8. The van der Waals surface area contributed by atoms with Crippen LogP contribution in [-0.2, 0) is 0 Å². The van der Waals surface area contributed by atoms with E-state index in [1.54, 1.807) is 0 Å². The molecule has 0 bridgehead atoms. The standard InChI is InChI=1S/C11H5Cl2F3OS/c12-7-3-5(11(13)18-7)10(17)4-1-2-6(14)9(16)8(4)15/h1-3,10,17H. The van der Waals surface area contributed by atoms with Gasteiger partial charge < -0.3 is 5.11 Å². The van der Waals surface area contributed by atoms with E-state index in [0.29, 0.717) is 4.34 Å². The van der Waals surface area contributed by atoms with Crippen molar-refractivity contribution in [2.75, 3.05) is 0 Å². The van der Waals surface area contributed by atoms with Crippen LogP contribution in [0.15, 0.2) is 18.2 Å². The highest BCUT2D eigenvalue weighted by Gasteiger charge is 2.23. The lowest BCUT2D eigenvalue weighted by atomic mass is 10.0. The second-order valence-corrected chi connectivity index (χ2v) is 5.73. The second kappa shape index (κ2) is 5.09. The fraction of sp³-hybridized carbons (Fsp3) is 0.0909. The molecule has 2 aromatic rings. The summed E-state index contributed by atoms with van der Waals surface area (Å²) in [5, 5.41) is 9.92. The molecule has 1 heterocycles. The van der Waals surface area contributed by atoms with Crippen LogP contribution < -0.4 is 0 Å². The van der Waals surface area contributed by atoms with Gasteiger partial charge in [0.25, 0.3) is 0 Å². The van der Waals surface area contributed by atoms with E-state index < -0.39 is 29.1 Å². The first-order chi connectivity index (χ1) is 8.41. The number of rotatable bonds is 2. The third-order valence-electron chi connectivity index (χ3n) is 2.34. The van der Waals surface area contributed by atoms with Gasteiger partial charge in [0.1, 0.15) is 10.4 Å². The van der Waals surface area contributed by atoms with Crippen LogP contribution in [0.5, 0.6) is 0 Å². The molecule has 1 nitrogen and oxygen atoms in total. The Morgan fingerprint density at radius 2 is 1.72 bits per heavy atom. The Labute approximate surface area is 114 Å². The molecule has 18 heavy (non-hydrogen) atoms. The van der Waals surface area contributed by atoms with Gasteiger partial charge in [-0.05, 0) is 12.1 Å². The molecule has 1 aromatic heterocycles. The first-order valence-electron chi connectivity index (χ1n) is 4.68. The molecule has 1 aromatic carbocycles. The highest BCUT2D eigenvalue weighted by molar-refractivity contribution is 7.20. The number of hydrogen-bond donors (Lipinski definition) is 1. The number of thiophene rings is 1. The van der Waals surface area contributed by atoms with Crippen LogP contribution >= 0.6 is 34.5 Å². The molecule has 0 fully saturated rings. The Kier molecular flexibility index (Phi) is 3.87. The molecule has 1 atom stereocenters. The van der Waals surface area contributed by atoms with E-state index in [2.05, 4.69) is 0 Å². The van der Waals surface area contributed by atoms with Gasteiger partial charge in [-0.15, -0.1) is 11.3 Å². The summed E-state index contributed by atoms with van der Waals surface area (Å²) >= 11 is 12.5. The van der Waals surface area contributed by atoms with E-state index in [1.165, 1.54) is 6.07 Å². The minimum Gasteiger partial charge on any atom is -0.383 e. The summed E-state index contributed by atoms with van der Waals surface area (Å²) in [5.41, 5.74) is -0.248. The molecule has 0 amide bonds. The maximum atomic E-state index is 13.5. The first kappa shape index (κ1) is 13.7. The molecular weight excluding hydrogens is 308 g/mol. The molecule has 0 saturated heterocycles. The van der Waals surface area contributed by atoms with Crippen LogP contribution in [0.1, 0.15) is 17.2 Å². The quantitative estimate of drug-likeness (QED) is 0.806. The van der Waals surface area contributed by atoms with Gasteiger partial charge in [-0.2, -0.15) is 0 Å². The van der Waals surface area contributed by atoms with E-state index in [1.807, 2.05) is 0 Å². The minimum absolute atomic E-state index is 0.150. The zero-order chi connectivity index (χ0) is 13.4. The van der Waals surface area contributed by atoms with E-state index in [0.717, 1.165) is 23.5 Å². The van der Waals surface area contributed by atoms with Crippen molar-refractivity contribution in [3.63, 3.8) is 0 Å². The average molecular weight is 313 g/mol. The van der Waals surface area contributed by atoms with Crippen molar-refractivity contribution >= 4 is 34.5 Å². The van der Waals surface area contributed by atoms with Crippen LogP contribution in [0.25, 0.3) is 0 Å². The van der Waals surface area contributed by atoms with Gasteiger partial charge in [0.2, 0.25) is 0 Å². The number of benzene rings is 1. The fourth-order valence-electron chi connectivity index (χ4n) is 1.46. The molecule has 7 heteroatoms. The lowest BCUT2D eigenvalue weighted by molar-refractivity contribution is 0.213. The smallest absolute Gasteiger partial charge is 0.194 e. The molecule has 96 valence electrons. The SMILES string of the molecule is OC(c1cc(Cl)sc1Cl)c1ccc(F)c(F)c1F. The third-order valence-corrected chi connectivity index (χ3v) is 3.86. The normalized spacial score (nSPS) is 12.8. The monoisotopic (exact) mass is 312 g/mol. The van der Waals surface area contributed by atoms with Crippen molar-refractivity contribution < 1.29 is 18.3 Å². The van der Waals surface area contributed by atoms with E-state index in [4.69, 9.17) is 23.2 Å². The van der Waals surface area contributed by atoms with Gasteiger partial charge in [-0.25, -0.2) is 13.2 Å². The highest BCUT2D eigenvalue weighted by atomic mass is 35.5. The molecule has 0 radical (unpaired) electrons. The molecule has 0 aliphatic heterocycles. The van der Waals surface area contributed by atoms with Crippen LogP contribution in [0.2, 0.25) is 8.67 Å². The van der Waals surface area contributed by atoms with Crippen molar-refractivity contribution in [2.45, 2.75) is 6.10 Å². The van der Waals surface area contributed by atoms with Crippen molar-refractivity contribution in [1.29, 1.82) is 0 Å². The van der Waals surface area contributed by atoms with Crippen molar-refractivity contribution in [1.82, 2.24) is 0 Å². The maximum absolute atomic E-state index is 13.5. The van der Waals surface area contributed by atoms with Crippen molar-refractivity contribution in [3.8, 4) is 0 Å². The molecule has 1 N–H and O–H groups in total. The van der Waals surface area contributed by atoms with Crippen LogP contribution in [0.3, 0.4) is 0 Å². The predicted molar refractivity (Wildman–Crippen MR) is 64.7 cm³/mol. The summed E-state index contributed by atoms with van der Waals surface area (Å²) in [7, 11) is 0. The number of hydrogen-bond acceptors (Lipinski definition) is 2. The Balaban J connectivity index is 2.49. The first-order valence-corrected chi connectivity index (χ1v) is 6.25. The molecular formula is C11H5Cl2F3OS. The summed E-state index contributed by atoms with van der Waals surface area (Å²) in [6.45, 7) is 0. The van der Waals surface area contributed by atoms with Crippen molar-refractivity contribution in [3.05, 3.63) is 55.5 Å². The van der Waals surface area contributed by atoms with E-state index >= 15 is 0 Å². The van der Waals surface area contributed by atoms with Crippen LogP contribution in [-0.4, -0.2) is 5.11 Å². The number of aliphatic hydroxyl groups excluding tert-OH is 1. The zero-order valence-electron chi connectivity index (χ0n) is 8.55. The molecule has 0 saturated carbocycles. The Morgan fingerprint density at radius 3 is 2.28 bits per heavy atom. The predicted octanol–water partition coefficient (Wildman–Crippen LogP) is 4.55. The van der Waals surface area contributed by atoms with E-state index in [9.17, 15) is 18.3 Å². The lowest BCUT2D eigenvalue weighted by Crippen LogP contribution is -2.05. The Hall–Kier alpha value is -0.750. The summed E-state index contributed by atoms with van der Waals surface area (Å²) in [6.07, 6.45) is -1.50. The number of halogens is 5. The van der Waals surface area contributed by atoms with Gasteiger partial charge in [-0.1, -0.05) is 29.3 Å². The summed E-state index contributed by atoms with van der Waals surface area (Å²) in [5.74, 6) is -4.40. The maximum Gasteiger partial charge on any atom is 0.194 e. The summed E-state index contributed by atoms with van der Waals surface area (Å²) in [4.78, 5) is 0. The van der Waals surface area contributed by atoms with Crippen molar-refractivity contribution in [2.24, 2.45) is 0 Å². The van der Waals surface area contributed by atoms with Crippen LogP contribution in [0, 0.1) is 17.5 Å². The molecule has 1 unspecified atom stereocenters. The van der Waals surface area contributed by atoms with Gasteiger partial charge in [0.05, 0.1) is 4.34 Å². The highest BCUT2D eigenvalue weighted by Crippen LogP contribution is 2.38. The molecule has 0 aliphatic carbocycles. The minimum atomic E-state index is -1.64. The molecule has 0 spiro atoms. The van der Waals surface area contributed by atoms with E-state index in [-0.39, 0.29) is 9.90 Å². The lowest BCUT2D eigenvalue weighted by Gasteiger charge is -2.11. The molecule has 2 rings (SSSR count). The third kappa shape index (κ3) is 2.36. The zero-order valence-corrected chi connectivity index (χ0v) is 10.9. The topological polar surface area (TPSA) is 20.2 Å². The van der Waals surface area contributed by atoms with Gasteiger partial charge in [0, 0.05) is 11.1 Å². The van der Waals surface area contributed by atoms with Crippen LogP contribution in [0.4, 0.5) is 13.2 Å². The fourth-order valence-corrected chi connectivity index (χ4v) is 2.98. The average Bonchev–Trinajstić information content (AvgIpc) is 2.65. The summed E-state index contributed by atoms with van der Waals surface area (Å²) in [6, 6.07) is 3.04. The van der Waals surface area contributed by atoms with Gasteiger partial charge in [0.15, 0.2) is 17.5 Å². The Morgan fingerprint density at radius 1 is 1.06 bits per heavy atom. The van der Waals surface area contributed by atoms with Gasteiger partial charge in [-0.3, -0.25) is 0 Å². The van der Waals surface area contributed by atoms with Gasteiger partial charge >= 0.3 is 0 Å². The second-order valence-electron chi connectivity index (χ2n) is 3.45.